The zero-order chi connectivity index (χ0) is 14.5. The smallest absolute Gasteiger partial charge is 0.323 e. The molecule has 4 nitrogen and oxygen atoms in total. The van der Waals surface area contributed by atoms with Crippen molar-refractivity contribution in [1.29, 1.82) is 0 Å². The number of rotatable bonds is 6. The first-order valence-electron chi connectivity index (χ1n) is 6.17. The number of halogens is 1. The third kappa shape index (κ3) is 3.95. The summed E-state index contributed by atoms with van der Waals surface area (Å²) in [4.78, 5) is 18.2. The number of aromatic nitrogens is 1. The molecule has 0 aliphatic carbocycles. The highest BCUT2D eigenvalue weighted by Gasteiger charge is 2.12. The van der Waals surface area contributed by atoms with Gasteiger partial charge in [0.05, 0.1) is 11.2 Å². The van der Waals surface area contributed by atoms with Crippen LogP contribution in [0.15, 0.2) is 29.8 Å². The number of carbonyl (C=O) groups is 1. The van der Waals surface area contributed by atoms with Crippen LogP contribution in [0.4, 0.5) is 5.69 Å². The number of anilines is 1. The van der Waals surface area contributed by atoms with E-state index in [-0.39, 0.29) is 6.54 Å². The van der Waals surface area contributed by atoms with E-state index in [1.807, 2.05) is 29.5 Å². The van der Waals surface area contributed by atoms with Crippen LogP contribution in [-0.2, 0) is 11.2 Å². The highest BCUT2D eigenvalue weighted by atomic mass is 35.5. The topological polar surface area (TPSA) is 53.4 Å². The average Bonchev–Trinajstić information content (AvgIpc) is 2.80. The number of thiazole rings is 1. The second-order valence-electron chi connectivity index (χ2n) is 4.41. The molecule has 0 fully saturated rings. The molecule has 2 rings (SSSR count). The first-order valence-corrected chi connectivity index (χ1v) is 7.43. The largest absolute Gasteiger partial charge is 0.480 e. The Kier molecular flexibility index (Phi) is 4.98. The van der Waals surface area contributed by atoms with E-state index in [2.05, 4.69) is 4.98 Å². The van der Waals surface area contributed by atoms with Crippen LogP contribution in [0.25, 0.3) is 0 Å². The fourth-order valence-electron chi connectivity index (χ4n) is 1.94. The van der Waals surface area contributed by atoms with E-state index in [0.717, 1.165) is 17.8 Å². The summed E-state index contributed by atoms with van der Waals surface area (Å²) in [6.07, 6.45) is 0.774. The summed E-state index contributed by atoms with van der Waals surface area (Å²) in [5.74, 6) is -0.856. The normalized spacial score (nSPS) is 10.5. The Bertz CT molecular complexity index is 600. The van der Waals surface area contributed by atoms with Crippen molar-refractivity contribution in [3.05, 3.63) is 45.4 Å². The van der Waals surface area contributed by atoms with Crippen LogP contribution in [0.5, 0.6) is 0 Å². The SMILES string of the molecule is Cc1ncsc1CCN(CC(=O)O)c1cccc(Cl)c1. The van der Waals surface area contributed by atoms with Crippen molar-refractivity contribution < 1.29 is 9.90 Å². The second kappa shape index (κ2) is 6.72. The lowest BCUT2D eigenvalue weighted by atomic mass is 10.2. The van der Waals surface area contributed by atoms with Crippen molar-refractivity contribution in [2.24, 2.45) is 0 Å². The minimum Gasteiger partial charge on any atom is -0.480 e. The molecule has 1 N–H and O–H groups in total. The lowest BCUT2D eigenvalue weighted by Gasteiger charge is -2.22. The van der Waals surface area contributed by atoms with Gasteiger partial charge in [0.1, 0.15) is 6.54 Å². The molecular weight excluding hydrogens is 296 g/mol. The molecule has 0 saturated carbocycles. The van der Waals surface area contributed by atoms with Gasteiger partial charge in [-0.05, 0) is 25.1 Å². The fraction of sp³-hybridized carbons (Fsp3) is 0.286. The number of hydrogen-bond acceptors (Lipinski definition) is 4. The number of aryl methyl sites for hydroxylation is 1. The number of aliphatic carboxylic acids is 1. The van der Waals surface area contributed by atoms with Gasteiger partial charge in [-0.15, -0.1) is 11.3 Å². The highest BCUT2D eigenvalue weighted by Crippen LogP contribution is 2.21. The molecule has 0 spiro atoms. The predicted molar refractivity (Wildman–Crippen MR) is 81.9 cm³/mol. The van der Waals surface area contributed by atoms with Crippen molar-refractivity contribution in [1.82, 2.24) is 4.98 Å². The van der Waals surface area contributed by atoms with E-state index in [1.54, 1.807) is 23.5 Å². The van der Waals surface area contributed by atoms with Crippen molar-refractivity contribution in [2.45, 2.75) is 13.3 Å². The second-order valence-corrected chi connectivity index (χ2v) is 5.78. The van der Waals surface area contributed by atoms with Crippen LogP contribution < -0.4 is 4.90 Å². The molecule has 20 heavy (non-hydrogen) atoms. The first-order chi connectivity index (χ1) is 9.56. The number of nitrogens with zero attached hydrogens (tertiary/aromatic N) is 2. The molecule has 1 heterocycles. The summed E-state index contributed by atoms with van der Waals surface area (Å²) in [5.41, 5.74) is 3.64. The molecule has 0 radical (unpaired) electrons. The van der Waals surface area contributed by atoms with Crippen molar-refractivity contribution in [3.8, 4) is 0 Å². The van der Waals surface area contributed by atoms with Gasteiger partial charge in [-0.3, -0.25) is 4.79 Å². The molecular formula is C14H15ClN2O2S. The van der Waals surface area contributed by atoms with Gasteiger partial charge in [-0.2, -0.15) is 0 Å². The summed E-state index contributed by atoms with van der Waals surface area (Å²) in [7, 11) is 0. The van der Waals surface area contributed by atoms with E-state index in [0.29, 0.717) is 11.6 Å². The van der Waals surface area contributed by atoms with Crippen LogP contribution >= 0.6 is 22.9 Å². The standard InChI is InChI=1S/C14H15ClN2O2S/c1-10-13(20-9-16-10)5-6-17(8-14(18)19)12-4-2-3-11(15)7-12/h2-4,7,9H,5-6,8H2,1H3,(H,18,19). The molecule has 2 aromatic rings. The third-order valence-electron chi connectivity index (χ3n) is 2.95. The number of hydrogen-bond donors (Lipinski definition) is 1. The average molecular weight is 311 g/mol. The van der Waals surface area contributed by atoms with E-state index in [4.69, 9.17) is 16.7 Å². The van der Waals surface area contributed by atoms with Crippen LogP contribution in [0.1, 0.15) is 10.6 Å². The molecule has 0 aliphatic rings. The first kappa shape index (κ1) is 14.8. The van der Waals surface area contributed by atoms with Gasteiger partial charge in [-0.1, -0.05) is 17.7 Å². The van der Waals surface area contributed by atoms with Gasteiger partial charge >= 0.3 is 5.97 Å². The van der Waals surface area contributed by atoms with Crippen molar-refractivity contribution in [3.63, 3.8) is 0 Å². The van der Waals surface area contributed by atoms with Crippen molar-refractivity contribution in [2.75, 3.05) is 18.0 Å². The molecule has 0 saturated heterocycles. The Labute approximate surface area is 126 Å². The lowest BCUT2D eigenvalue weighted by Crippen LogP contribution is -2.31. The molecule has 0 amide bonds. The fourth-order valence-corrected chi connectivity index (χ4v) is 2.89. The van der Waals surface area contributed by atoms with E-state index in [1.165, 1.54) is 4.88 Å². The number of carboxylic acids is 1. The van der Waals surface area contributed by atoms with Crippen LogP contribution in [-0.4, -0.2) is 29.1 Å². The Morgan fingerprint density at radius 3 is 2.90 bits per heavy atom. The Hall–Kier alpha value is -1.59. The number of carboxylic acid groups (broad SMARTS) is 1. The molecule has 1 aromatic carbocycles. The third-order valence-corrected chi connectivity index (χ3v) is 4.18. The van der Waals surface area contributed by atoms with Gasteiger partial charge in [0.25, 0.3) is 0 Å². The van der Waals surface area contributed by atoms with Crippen LogP contribution in [0.2, 0.25) is 5.02 Å². The Balaban J connectivity index is 2.11. The molecule has 6 heteroatoms. The van der Waals surface area contributed by atoms with E-state index in [9.17, 15) is 4.79 Å². The van der Waals surface area contributed by atoms with Gasteiger partial charge < -0.3 is 10.0 Å². The summed E-state index contributed by atoms with van der Waals surface area (Å²) in [5, 5.41) is 9.65. The van der Waals surface area contributed by atoms with Gasteiger partial charge in [0.2, 0.25) is 0 Å². The highest BCUT2D eigenvalue weighted by molar-refractivity contribution is 7.09. The van der Waals surface area contributed by atoms with E-state index < -0.39 is 5.97 Å². The molecule has 0 unspecified atom stereocenters. The van der Waals surface area contributed by atoms with Crippen LogP contribution in [0.3, 0.4) is 0 Å². The molecule has 1 aromatic heterocycles. The summed E-state index contributed by atoms with van der Waals surface area (Å²) in [6, 6.07) is 7.25. The maximum atomic E-state index is 11.0. The molecule has 0 atom stereocenters. The minimum atomic E-state index is -0.856. The molecule has 0 aliphatic heterocycles. The van der Waals surface area contributed by atoms with Crippen LogP contribution in [0, 0.1) is 6.92 Å². The summed E-state index contributed by atoms with van der Waals surface area (Å²) < 4.78 is 0. The maximum Gasteiger partial charge on any atom is 0.323 e. The monoisotopic (exact) mass is 310 g/mol. The zero-order valence-electron chi connectivity index (χ0n) is 11.0. The van der Waals surface area contributed by atoms with Gasteiger partial charge in [0, 0.05) is 28.6 Å². The Morgan fingerprint density at radius 2 is 2.30 bits per heavy atom. The zero-order valence-corrected chi connectivity index (χ0v) is 12.6. The maximum absolute atomic E-state index is 11.0. The molecule has 0 bridgehead atoms. The molecule has 106 valence electrons. The number of benzene rings is 1. The summed E-state index contributed by atoms with van der Waals surface area (Å²) in [6.45, 7) is 2.54. The predicted octanol–water partition coefficient (Wildman–Crippen LogP) is 3.24. The quantitative estimate of drug-likeness (QED) is 0.890. The lowest BCUT2D eigenvalue weighted by molar-refractivity contribution is -0.135. The minimum absolute atomic E-state index is 0.0435. The Morgan fingerprint density at radius 1 is 1.50 bits per heavy atom. The summed E-state index contributed by atoms with van der Waals surface area (Å²) >= 11 is 7.57. The van der Waals surface area contributed by atoms with Crippen molar-refractivity contribution >= 4 is 34.6 Å². The van der Waals surface area contributed by atoms with Gasteiger partial charge in [-0.25, -0.2) is 4.98 Å². The van der Waals surface area contributed by atoms with E-state index >= 15 is 0 Å². The van der Waals surface area contributed by atoms with Gasteiger partial charge in [0.15, 0.2) is 0 Å².